The second-order valence-electron chi connectivity index (χ2n) is 4.74. The van der Waals surface area contributed by atoms with Crippen molar-refractivity contribution in [3.05, 3.63) is 11.6 Å². The van der Waals surface area contributed by atoms with Gasteiger partial charge >= 0.3 is 5.97 Å². The molecule has 0 saturated heterocycles. The van der Waals surface area contributed by atoms with Crippen LogP contribution < -0.4 is 5.32 Å². The van der Waals surface area contributed by atoms with Crippen molar-refractivity contribution in [1.29, 1.82) is 0 Å². The highest BCUT2D eigenvalue weighted by Gasteiger charge is 2.48. The Morgan fingerprint density at radius 1 is 1.74 bits per heavy atom. The summed E-state index contributed by atoms with van der Waals surface area (Å²) in [5.41, 5.74) is -0.474. The fourth-order valence-electron chi connectivity index (χ4n) is 2.92. The van der Waals surface area contributed by atoms with Crippen LogP contribution in [0.4, 0.5) is 0 Å². The largest absolute Gasteiger partial charge is 0.468 e. The van der Waals surface area contributed by atoms with E-state index in [4.69, 9.17) is 4.74 Å². The molecular weight excluding hydrogens is 280 g/mol. The van der Waals surface area contributed by atoms with Gasteiger partial charge in [0.1, 0.15) is 9.88 Å². The van der Waals surface area contributed by atoms with Gasteiger partial charge in [-0.05, 0) is 32.2 Å². The summed E-state index contributed by atoms with van der Waals surface area (Å²) in [7, 11) is 3.34. The van der Waals surface area contributed by atoms with Crippen molar-refractivity contribution in [2.45, 2.75) is 35.6 Å². The number of ether oxygens (including phenoxy) is 1. The molecule has 1 aromatic rings. The van der Waals surface area contributed by atoms with E-state index in [1.54, 1.807) is 23.1 Å². The number of likely N-dealkylation sites (N-methyl/N-ethyl adjacent to an activating group) is 1. The lowest BCUT2D eigenvalue weighted by molar-refractivity contribution is -0.150. The van der Waals surface area contributed by atoms with Crippen LogP contribution in [-0.2, 0) is 9.53 Å². The Hall–Kier alpha value is -0.590. The summed E-state index contributed by atoms with van der Waals surface area (Å²) in [6.07, 6.45) is 5.90. The van der Waals surface area contributed by atoms with Gasteiger partial charge in [0, 0.05) is 17.3 Å². The summed E-state index contributed by atoms with van der Waals surface area (Å²) < 4.78 is 6.10. The molecule has 106 valence electrons. The average Bonchev–Trinajstić information content (AvgIpc) is 3.08. The topological polar surface area (TPSA) is 51.2 Å². The Labute approximate surface area is 122 Å². The number of hydrogen-bond acceptors (Lipinski definition) is 6. The molecule has 1 aromatic heterocycles. The van der Waals surface area contributed by atoms with Gasteiger partial charge in [-0.1, -0.05) is 18.2 Å². The van der Waals surface area contributed by atoms with E-state index in [0.29, 0.717) is 5.92 Å². The van der Waals surface area contributed by atoms with E-state index in [1.165, 1.54) is 7.11 Å². The van der Waals surface area contributed by atoms with E-state index in [0.717, 1.165) is 35.8 Å². The molecule has 0 aromatic carbocycles. The quantitative estimate of drug-likeness (QED) is 0.646. The highest BCUT2D eigenvalue weighted by Crippen LogP contribution is 2.39. The Morgan fingerprint density at radius 3 is 3.21 bits per heavy atom. The van der Waals surface area contributed by atoms with E-state index in [2.05, 4.69) is 10.3 Å². The lowest BCUT2D eigenvalue weighted by Crippen LogP contribution is -2.53. The van der Waals surface area contributed by atoms with Crippen LogP contribution in [0.1, 0.15) is 25.7 Å². The molecule has 0 amide bonds. The van der Waals surface area contributed by atoms with Crippen molar-refractivity contribution in [1.82, 2.24) is 10.3 Å². The summed E-state index contributed by atoms with van der Waals surface area (Å²) in [6.45, 7) is 0. The van der Waals surface area contributed by atoms with Crippen molar-refractivity contribution in [3.63, 3.8) is 0 Å². The maximum absolute atomic E-state index is 12.1. The molecular formula is C13H20N2O2S2. The maximum Gasteiger partial charge on any atom is 0.326 e. The minimum Gasteiger partial charge on any atom is -0.468 e. The van der Waals surface area contributed by atoms with Gasteiger partial charge in [0.05, 0.1) is 7.11 Å². The van der Waals surface area contributed by atoms with Gasteiger partial charge in [-0.25, -0.2) is 4.98 Å². The normalized spacial score (nSPS) is 26.5. The monoisotopic (exact) mass is 300 g/mol. The van der Waals surface area contributed by atoms with E-state index in [9.17, 15) is 4.79 Å². The highest BCUT2D eigenvalue weighted by atomic mass is 32.2. The van der Waals surface area contributed by atoms with E-state index in [-0.39, 0.29) is 5.97 Å². The van der Waals surface area contributed by atoms with E-state index in [1.807, 2.05) is 18.6 Å². The number of methoxy groups -OCH3 is 1. The predicted molar refractivity (Wildman–Crippen MR) is 78.6 cm³/mol. The van der Waals surface area contributed by atoms with Crippen molar-refractivity contribution >= 4 is 29.1 Å². The first kappa shape index (κ1) is 14.8. The first-order valence-electron chi connectivity index (χ1n) is 6.52. The minimum atomic E-state index is -0.474. The third-order valence-electron chi connectivity index (χ3n) is 3.92. The molecule has 1 heterocycles. The molecule has 1 aliphatic rings. The van der Waals surface area contributed by atoms with Gasteiger partial charge in [-0.2, -0.15) is 0 Å². The molecule has 2 atom stereocenters. The van der Waals surface area contributed by atoms with Gasteiger partial charge in [-0.15, -0.1) is 11.3 Å². The first-order valence-corrected chi connectivity index (χ1v) is 8.39. The number of carbonyl (C=O) groups is 1. The number of nitrogens with zero attached hydrogens (tertiary/aromatic N) is 1. The molecule has 19 heavy (non-hydrogen) atoms. The second kappa shape index (κ2) is 6.72. The molecule has 0 spiro atoms. The molecule has 0 radical (unpaired) electrons. The third-order valence-corrected chi connectivity index (χ3v) is 5.92. The standard InChI is InChI=1S/C13H20N2O2S2/c1-14-13(11(16)17-2)6-3-4-10(13)5-8-18-12-15-7-9-19-12/h7,9-10,14H,3-6,8H2,1-2H3. The van der Waals surface area contributed by atoms with Crippen LogP contribution in [0.3, 0.4) is 0 Å². The number of thiazole rings is 1. The van der Waals surface area contributed by atoms with Crippen LogP contribution >= 0.6 is 23.1 Å². The summed E-state index contributed by atoms with van der Waals surface area (Å²) in [5.74, 6) is 1.24. The number of carbonyl (C=O) groups excluding carboxylic acids is 1. The molecule has 2 rings (SSSR count). The number of rotatable bonds is 6. The fraction of sp³-hybridized carbons (Fsp3) is 0.692. The zero-order valence-corrected chi connectivity index (χ0v) is 13.0. The van der Waals surface area contributed by atoms with Crippen LogP contribution in [0.5, 0.6) is 0 Å². The summed E-state index contributed by atoms with van der Waals surface area (Å²) in [4.78, 5) is 16.3. The van der Waals surface area contributed by atoms with E-state index < -0.39 is 5.54 Å². The Bertz CT molecular complexity index is 411. The molecule has 1 N–H and O–H groups in total. The van der Waals surface area contributed by atoms with Crippen LogP contribution in [0, 0.1) is 5.92 Å². The van der Waals surface area contributed by atoms with Crippen molar-refractivity contribution in [2.24, 2.45) is 5.92 Å². The van der Waals surface area contributed by atoms with Gasteiger partial charge in [-0.3, -0.25) is 4.79 Å². The Kier molecular flexibility index (Phi) is 5.24. The summed E-state index contributed by atoms with van der Waals surface area (Å²) in [6, 6.07) is 0. The molecule has 0 bridgehead atoms. The van der Waals surface area contributed by atoms with Crippen LogP contribution in [-0.4, -0.2) is 36.4 Å². The number of nitrogens with one attached hydrogen (secondary N) is 1. The van der Waals surface area contributed by atoms with Crippen molar-refractivity contribution in [2.75, 3.05) is 19.9 Å². The highest BCUT2D eigenvalue weighted by molar-refractivity contribution is 8.00. The van der Waals surface area contributed by atoms with Gasteiger partial charge in [0.15, 0.2) is 0 Å². The molecule has 2 unspecified atom stereocenters. The lowest BCUT2D eigenvalue weighted by Gasteiger charge is -2.32. The second-order valence-corrected chi connectivity index (χ2v) is 6.97. The smallest absolute Gasteiger partial charge is 0.326 e. The predicted octanol–water partition coefficient (Wildman–Crippen LogP) is 2.56. The number of esters is 1. The summed E-state index contributed by atoms with van der Waals surface area (Å²) >= 11 is 3.44. The molecule has 1 saturated carbocycles. The average molecular weight is 300 g/mol. The van der Waals surface area contributed by atoms with Crippen LogP contribution in [0.2, 0.25) is 0 Å². The first-order chi connectivity index (χ1) is 9.23. The van der Waals surface area contributed by atoms with Gasteiger partial charge in [0.25, 0.3) is 0 Å². The zero-order chi connectivity index (χ0) is 13.7. The van der Waals surface area contributed by atoms with Crippen molar-refractivity contribution in [3.8, 4) is 0 Å². The van der Waals surface area contributed by atoms with E-state index >= 15 is 0 Å². The molecule has 1 aliphatic carbocycles. The summed E-state index contributed by atoms with van der Waals surface area (Å²) in [5, 5.41) is 5.22. The van der Waals surface area contributed by atoms with Gasteiger partial charge in [0.2, 0.25) is 0 Å². The zero-order valence-electron chi connectivity index (χ0n) is 11.3. The van der Waals surface area contributed by atoms with Crippen LogP contribution in [0.25, 0.3) is 0 Å². The minimum absolute atomic E-state index is 0.114. The molecule has 6 heteroatoms. The number of hydrogen-bond donors (Lipinski definition) is 1. The number of aromatic nitrogens is 1. The molecule has 1 fully saturated rings. The Balaban J connectivity index is 1.92. The van der Waals surface area contributed by atoms with Crippen LogP contribution in [0.15, 0.2) is 15.9 Å². The maximum atomic E-state index is 12.1. The molecule has 4 nitrogen and oxygen atoms in total. The third kappa shape index (κ3) is 3.12. The SMILES string of the molecule is CNC1(C(=O)OC)CCCC1CCSc1nccs1. The van der Waals surface area contributed by atoms with Crippen molar-refractivity contribution < 1.29 is 9.53 Å². The van der Waals surface area contributed by atoms with Gasteiger partial charge < -0.3 is 10.1 Å². The number of thioether (sulfide) groups is 1. The lowest BCUT2D eigenvalue weighted by atomic mass is 9.85. The fourth-order valence-corrected chi connectivity index (χ4v) is 4.68. The Morgan fingerprint density at radius 2 is 2.58 bits per heavy atom. The molecule has 0 aliphatic heterocycles.